The maximum absolute atomic E-state index is 11.9. The molecule has 7 nitrogen and oxygen atoms in total. The fourth-order valence-corrected chi connectivity index (χ4v) is 1.86. The van der Waals surface area contributed by atoms with Crippen molar-refractivity contribution in [3.8, 4) is 5.75 Å². The van der Waals surface area contributed by atoms with Crippen LogP contribution in [0.5, 0.6) is 5.75 Å². The van der Waals surface area contributed by atoms with Crippen LogP contribution in [0.25, 0.3) is 0 Å². The zero-order valence-corrected chi connectivity index (χ0v) is 11.5. The number of esters is 1. The lowest BCUT2D eigenvalue weighted by atomic mass is 9.96. The minimum atomic E-state index is -0.931. The zero-order chi connectivity index (χ0) is 15.9. The SMILES string of the molecule is O=C(Oc1ccc(CO[N+](=O)[O-])cc1)C(=O)C1C=CC=CC1. The molecule has 7 heteroatoms. The first-order valence-corrected chi connectivity index (χ1v) is 6.52. The van der Waals surface area contributed by atoms with Crippen LogP contribution in [0.15, 0.2) is 48.6 Å². The molecule has 114 valence electrons. The summed E-state index contributed by atoms with van der Waals surface area (Å²) in [6, 6.07) is 5.92. The van der Waals surface area contributed by atoms with Crippen molar-refractivity contribution in [2.45, 2.75) is 13.0 Å². The van der Waals surface area contributed by atoms with Gasteiger partial charge >= 0.3 is 5.97 Å². The van der Waals surface area contributed by atoms with Gasteiger partial charge in [-0.15, -0.1) is 10.1 Å². The molecule has 0 amide bonds. The van der Waals surface area contributed by atoms with Gasteiger partial charge in [0.2, 0.25) is 5.78 Å². The van der Waals surface area contributed by atoms with Crippen LogP contribution >= 0.6 is 0 Å². The number of hydrogen-bond acceptors (Lipinski definition) is 6. The third kappa shape index (κ3) is 4.27. The first-order valence-electron chi connectivity index (χ1n) is 6.52. The van der Waals surface area contributed by atoms with Crippen LogP contribution in [-0.2, 0) is 21.0 Å². The number of nitrogens with zero attached hydrogens (tertiary/aromatic N) is 1. The van der Waals surface area contributed by atoms with E-state index in [2.05, 4.69) is 4.84 Å². The van der Waals surface area contributed by atoms with E-state index in [0.29, 0.717) is 12.0 Å². The summed E-state index contributed by atoms with van der Waals surface area (Å²) in [5.74, 6) is -1.84. The van der Waals surface area contributed by atoms with Gasteiger partial charge in [-0.05, 0) is 24.1 Å². The fraction of sp³-hybridized carbons (Fsp3) is 0.200. The molecule has 0 fully saturated rings. The Morgan fingerprint density at radius 1 is 1.23 bits per heavy atom. The molecule has 1 aromatic carbocycles. The second kappa shape index (κ2) is 7.16. The first-order chi connectivity index (χ1) is 10.6. The molecule has 0 heterocycles. The van der Waals surface area contributed by atoms with E-state index < -0.39 is 22.8 Å². The molecule has 22 heavy (non-hydrogen) atoms. The quantitative estimate of drug-likeness (QED) is 0.262. The van der Waals surface area contributed by atoms with Gasteiger partial charge in [0.1, 0.15) is 12.4 Å². The molecule has 1 aliphatic carbocycles. The van der Waals surface area contributed by atoms with Crippen molar-refractivity contribution < 1.29 is 24.3 Å². The highest BCUT2D eigenvalue weighted by atomic mass is 16.9. The van der Waals surface area contributed by atoms with E-state index in [4.69, 9.17) is 4.74 Å². The topological polar surface area (TPSA) is 95.7 Å². The summed E-state index contributed by atoms with van der Waals surface area (Å²) < 4.78 is 4.99. The van der Waals surface area contributed by atoms with Crippen LogP contribution in [0.3, 0.4) is 0 Å². The summed E-state index contributed by atoms with van der Waals surface area (Å²) >= 11 is 0. The number of ketones is 1. The standard InChI is InChI=1S/C15H13NO6/c17-14(12-4-2-1-3-5-12)15(18)22-13-8-6-11(7-9-13)10-21-16(19)20/h1-4,6-9,12H,5,10H2. The Bertz CT molecular complexity index is 632. The Morgan fingerprint density at radius 2 is 1.95 bits per heavy atom. The predicted octanol–water partition coefficient (Wildman–Crippen LogP) is 2.00. The van der Waals surface area contributed by atoms with E-state index in [1.165, 1.54) is 24.3 Å². The molecule has 0 aliphatic heterocycles. The molecule has 0 N–H and O–H groups in total. The fourth-order valence-electron chi connectivity index (χ4n) is 1.86. The van der Waals surface area contributed by atoms with Gasteiger partial charge in [-0.1, -0.05) is 36.4 Å². The lowest BCUT2D eigenvalue weighted by Gasteiger charge is -2.11. The lowest BCUT2D eigenvalue weighted by Crippen LogP contribution is -2.27. The molecule has 1 unspecified atom stereocenters. The molecule has 0 saturated heterocycles. The van der Waals surface area contributed by atoms with Crippen LogP contribution in [0.2, 0.25) is 0 Å². The monoisotopic (exact) mass is 303 g/mol. The Morgan fingerprint density at radius 3 is 2.55 bits per heavy atom. The van der Waals surface area contributed by atoms with Gasteiger partial charge in [0, 0.05) is 0 Å². The van der Waals surface area contributed by atoms with E-state index in [-0.39, 0.29) is 12.4 Å². The van der Waals surface area contributed by atoms with Crippen molar-refractivity contribution in [3.63, 3.8) is 0 Å². The van der Waals surface area contributed by atoms with E-state index in [1.807, 2.05) is 0 Å². The summed E-state index contributed by atoms with van der Waals surface area (Å²) in [5, 5.41) is 9.19. The maximum atomic E-state index is 11.9. The van der Waals surface area contributed by atoms with Crippen molar-refractivity contribution >= 4 is 11.8 Å². The molecule has 0 bridgehead atoms. The second-order valence-corrected chi connectivity index (χ2v) is 4.55. The van der Waals surface area contributed by atoms with E-state index in [1.54, 1.807) is 24.3 Å². The van der Waals surface area contributed by atoms with E-state index in [9.17, 15) is 19.7 Å². The minimum absolute atomic E-state index is 0.193. The molecule has 0 radical (unpaired) electrons. The number of allylic oxidation sites excluding steroid dienone is 4. The average Bonchev–Trinajstić information content (AvgIpc) is 2.54. The van der Waals surface area contributed by atoms with Gasteiger partial charge in [0.15, 0.2) is 0 Å². The molecule has 0 saturated carbocycles. The van der Waals surface area contributed by atoms with Gasteiger partial charge in [0.25, 0.3) is 5.09 Å². The smallest absolute Gasteiger partial charge is 0.380 e. The molecule has 1 aliphatic rings. The molecule has 1 atom stereocenters. The van der Waals surface area contributed by atoms with Crippen LogP contribution in [0.4, 0.5) is 0 Å². The van der Waals surface area contributed by atoms with Gasteiger partial charge < -0.3 is 9.57 Å². The van der Waals surface area contributed by atoms with E-state index >= 15 is 0 Å². The van der Waals surface area contributed by atoms with Gasteiger partial charge in [-0.25, -0.2) is 4.79 Å². The Balaban J connectivity index is 1.91. The normalized spacial score (nSPS) is 16.1. The van der Waals surface area contributed by atoms with Crippen molar-refractivity contribution in [2.24, 2.45) is 5.92 Å². The van der Waals surface area contributed by atoms with Crippen LogP contribution in [0, 0.1) is 16.0 Å². The third-order valence-corrected chi connectivity index (χ3v) is 2.99. The maximum Gasteiger partial charge on any atom is 0.380 e. The van der Waals surface area contributed by atoms with Crippen molar-refractivity contribution in [2.75, 3.05) is 0 Å². The molecule has 0 spiro atoms. The largest absolute Gasteiger partial charge is 0.421 e. The summed E-state index contributed by atoms with van der Waals surface area (Å²) in [7, 11) is 0. The number of carbonyl (C=O) groups is 2. The lowest BCUT2D eigenvalue weighted by molar-refractivity contribution is -0.763. The second-order valence-electron chi connectivity index (χ2n) is 4.55. The highest BCUT2D eigenvalue weighted by Crippen LogP contribution is 2.17. The minimum Gasteiger partial charge on any atom is -0.421 e. The molecular weight excluding hydrogens is 290 g/mol. The van der Waals surface area contributed by atoms with Gasteiger partial charge in [-0.3, -0.25) is 4.79 Å². The number of hydrogen-bond donors (Lipinski definition) is 0. The van der Waals surface area contributed by atoms with Gasteiger partial charge in [-0.2, -0.15) is 0 Å². The summed E-state index contributed by atoms with van der Waals surface area (Å²) in [6.45, 7) is -0.195. The number of benzene rings is 1. The Labute approximate surface area is 125 Å². The first kappa shape index (κ1) is 15.4. The number of carbonyl (C=O) groups excluding carboxylic acids is 2. The highest BCUT2D eigenvalue weighted by molar-refractivity contribution is 6.35. The number of ether oxygens (including phenoxy) is 1. The molecule has 1 aromatic rings. The van der Waals surface area contributed by atoms with Crippen molar-refractivity contribution in [3.05, 3.63) is 64.2 Å². The van der Waals surface area contributed by atoms with Crippen LogP contribution in [0.1, 0.15) is 12.0 Å². The number of rotatable bonds is 6. The predicted molar refractivity (Wildman–Crippen MR) is 75.3 cm³/mol. The zero-order valence-electron chi connectivity index (χ0n) is 11.5. The molecule has 2 rings (SSSR count). The van der Waals surface area contributed by atoms with E-state index in [0.717, 1.165) is 0 Å². The van der Waals surface area contributed by atoms with Gasteiger partial charge in [0.05, 0.1) is 5.92 Å². The molecule has 0 aromatic heterocycles. The van der Waals surface area contributed by atoms with Crippen molar-refractivity contribution in [1.29, 1.82) is 0 Å². The summed E-state index contributed by atoms with van der Waals surface area (Å²) in [6.07, 6.45) is 7.45. The van der Waals surface area contributed by atoms with Crippen LogP contribution in [-0.4, -0.2) is 16.8 Å². The summed E-state index contributed by atoms with van der Waals surface area (Å²) in [5.41, 5.74) is 0.545. The molecular formula is C15H13NO6. The Hall–Kier alpha value is -2.96. The third-order valence-electron chi connectivity index (χ3n) is 2.99. The highest BCUT2D eigenvalue weighted by Gasteiger charge is 2.25. The Kier molecular flexibility index (Phi) is 5.02. The average molecular weight is 303 g/mol. The summed E-state index contributed by atoms with van der Waals surface area (Å²) in [4.78, 5) is 37.9. The van der Waals surface area contributed by atoms with Crippen LogP contribution < -0.4 is 4.74 Å². The number of Topliss-reactive ketones (excluding diaryl/α,β-unsaturated/α-hetero) is 1. The van der Waals surface area contributed by atoms with Crippen molar-refractivity contribution in [1.82, 2.24) is 0 Å².